The van der Waals surface area contributed by atoms with Gasteiger partial charge in [-0.05, 0) is 73.3 Å². The molecule has 0 amide bonds. The van der Waals surface area contributed by atoms with Gasteiger partial charge in [-0.25, -0.2) is 9.38 Å². The summed E-state index contributed by atoms with van der Waals surface area (Å²) >= 11 is 1.43. The fourth-order valence-corrected chi connectivity index (χ4v) is 4.62. The summed E-state index contributed by atoms with van der Waals surface area (Å²) in [4.78, 5) is 18.5. The summed E-state index contributed by atoms with van der Waals surface area (Å²) in [6.07, 6.45) is 5.86. The van der Waals surface area contributed by atoms with Crippen molar-refractivity contribution in [1.29, 1.82) is 0 Å². The van der Waals surface area contributed by atoms with Crippen LogP contribution in [0.1, 0.15) is 22.3 Å². The lowest BCUT2D eigenvalue weighted by molar-refractivity contribution is -0.437. The van der Waals surface area contributed by atoms with Gasteiger partial charge in [0.15, 0.2) is 11.2 Å². The van der Waals surface area contributed by atoms with Crippen molar-refractivity contribution in [1.82, 2.24) is 9.38 Å². The van der Waals surface area contributed by atoms with Gasteiger partial charge in [-0.2, -0.15) is 0 Å². The Morgan fingerprint density at radius 2 is 1.79 bits per heavy atom. The molecule has 3 heterocycles. The predicted molar refractivity (Wildman–Crippen MR) is 120 cm³/mol. The third-order valence-corrected chi connectivity index (χ3v) is 6.62. The van der Waals surface area contributed by atoms with Crippen molar-refractivity contribution >= 4 is 51.5 Å². The first kappa shape index (κ1) is 17.9. The molecule has 29 heavy (non-hydrogen) atoms. The fourth-order valence-electron chi connectivity index (χ4n) is 3.60. The molecule has 1 atom stereocenters. The first-order valence-electron chi connectivity index (χ1n) is 9.60. The summed E-state index contributed by atoms with van der Waals surface area (Å²) in [5.41, 5.74) is 7.61. The summed E-state index contributed by atoms with van der Waals surface area (Å²) < 4.78 is 4.30. The van der Waals surface area contributed by atoms with Crippen LogP contribution in [0.3, 0.4) is 0 Å². The van der Waals surface area contributed by atoms with Crippen LogP contribution in [-0.2, 0) is 0 Å². The normalized spacial score (nSPS) is 17.0. The number of rotatable bonds is 2. The highest BCUT2D eigenvalue weighted by atomic mass is 32.1. The van der Waals surface area contributed by atoms with Crippen LogP contribution in [0.5, 0.6) is 0 Å². The molecular weight excluding hydrogens is 380 g/mol. The van der Waals surface area contributed by atoms with Crippen LogP contribution in [0.4, 0.5) is 5.69 Å². The van der Waals surface area contributed by atoms with E-state index in [1.807, 2.05) is 35.3 Å². The molecule has 0 saturated heterocycles. The average Bonchev–Trinajstić information content (AvgIpc) is 3.35. The molecule has 6 heteroatoms. The van der Waals surface area contributed by atoms with Crippen LogP contribution in [0.2, 0.25) is 0 Å². The van der Waals surface area contributed by atoms with Crippen LogP contribution in [0.25, 0.3) is 22.1 Å². The lowest BCUT2D eigenvalue weighted by Gasteiger charge is -1.98. The number of nitrogens with zero attached hydrogens (tertiary/aromatic N) is 4. The Kier molecular flexibility index (Phi) is 3.99. The van der Waals surface area contributed by atoms with Crippen LogP contribution in [0, 0.1) is 33.6 Å². The molecule has 5 nitrogen and oxygen atoms in total. The zero-order chi connectivity index (χ0) is 20.3. The number of aryl methyl sites for hydroxylation is 4. The molecule has 2 aromatic carbocycles. The summed E-state index contributed by atoms with van der Waals surface area (Å²) in [6, 6.07) is 10.4. The lowest BCUT2D eigenvalue weighted by atomic mass is 10.1. The van der Waals surface area contributed by atoms with Crippen molar-refractivity contribution in [2.45, 2.75) is 27.7 Å². The van der Waals surface area contributed by atoms with Gasteiger partial charge in [-0.3, -0.25) is 4.79 Å². The number of thiazole rings is 1. The van der Waals surface area contributed by atoms with Crippen LogP contribution >= 0.6 is 11.3 Å². The van der Waals surface area contributed by atoms with E-state index in [0.29, 0.717) is 4.53 Å². The molecule has 1 unspecified atom stereocenters. The number of benzene rings is 2. The maximum absolute atomic E-state index is 13.1. The molecule has 5 rings (SSSR count). The zero-order valence-electron chi connectivity index (χ0n) is 16.8. The van der Waals surface area contributed by atoms with E-state index >= 15 is 0 Å². The van der Waals surface area contributed by atoms with Crippen LogP contribution in [0.15, 0.2) is 40.2 Å². The van der Waals surface area contributed by atoms with Gasteiger partial charge in [-0.1, -0.05) is 22.1 Å². The minimum atomic E-state index is -0.0251. The van der Waals surface area contributed by atoms with E-state index in [4.69, 9.17) is 0 Å². The van der Waals surface area contributed by atoms with Gasteiger partial charge in [0.05, 0.1) is 21.8 Å². The van der Waals surface area contributed by atoms with E-state index in [1.54, 1.807) is 4.40 Å². The third kappa shape index (κ3) is 2.91. The van der Waals surface area contributed by atoms with Crippen molar-refractivity contribution in [2.24, 2.45) is 11.0 Å². The second-order valence-corrected chi connectivity index (χ2v) is 8.71. The first-order valence-corrected chi connectivity index (χ1v) is 10.4. The Balaban J connectivity index is 1.57. The molecule has 2 aromatic heterocycles. The Morgan fingerprint density at radius 1 is 1.03 bits per heavy atom. The summed E-state index contributed by atoms with van der Waals surface area (Å²) in [6.45, 7) is 8.32. The largest absolute Gasteiger partial charge is 0.274 e. The van der Waals surface area contributed by atoms with Crippen LogP contribution in [-0.4, -0.2) is 26.5 Å². The number of hydrogen-bond donors (Lipinski definition) is 0. The number of imidazole rings is 1. The van der Waals surface area contributed by atoms with Gasteiger partial charge in [-0.15, -0.1) is 0 Å². The van der Waals surface area contributed by atoms with Crippen molar-refractivity contribution in [2.75, 3.05) is 0 Å². The molecule has 0 N–H and O–H groups in total. The minimum absolute atomic E-state index is 0.0119. The van der Waals surface area contributed by atoms with Gasteiger partial charge < -0.3 is 0 Å². The predicted octanol–water partition coefficient (Wildman–Crippen LogP) is 3.67. The van der Waals surface area contributed by atoms with Crippen LogP contribution < -0.4 is 10.1 Å². The van der Waals surface area contributed by atoms with Gasteiger partial charge in [0.1, 0.15) is 5.92 Å². The highest BCUT2D eigenvalue weighted by Gasteiger charge is 2.20. The zero-order valence-corrected chi connectivity index (χ0v) is 17.6. The molecular formula is C23H21N4OS+. The Hall–Kier alpha value is -3.12. The number of fused-ring (bicyclic) bond motifs is 3. The van der Waals surface area contributed by atoms with E-state index in [0.717, 1.165) is 27.2 Å². The van der Waals surface area contributed by atoms with Crippen molar-refractivity contribution in [3.05, 3.63) is 67.5 Å². The number of hydrogen-bond acceptors (Lipinski definition) is 4. The Bertz CT molecular complexity index is 1470. The molecule has 144 valence electrons. The lowest BCUT2D eigenvalue weighted by Crippen LogP contribution is -2.24. The van der Waals surface area contributed by atoms with E-state index in [1.165, 1.54) is 28.0 Å². The minimum Gasteiger partial charge on any atom is -0.267 e. The second-order valence-electron chi connectivity index (χ2n) is 7.70. The molecule has 0 spiro atoms. The quantitative estimate of drug-likeness (QED) is 0.481. The van der Waals surface area contributed by atoms with Crippen molar-refractivity contribution in [3.63, 3.8) is 0 Å². The summed E-state index contributed by atoms with van der Waals surface area (Å²) in [5, 5.41) is 4.50. The Labute approximate surface area is 172 Å². The number of aromatic nitrogens is 2. The van der Waals surface area contributed by atoms with Gasteiger partial charge in [0.2, 0.25) is 5.69 Å². The highest BCUT2D eigenvalue weighted by Crippen LogP contribution is 2.21. The van der Waals surface area contributed by atoms with Gasteiger partial charge in [0, 0.05) is 12.1 Å². The highest BCUT2D eigenvalue weighted by molar-refractivity contribution is 7.15. The molecule has 0 fully saturated rings. The molecule has 1 aliphatic heterocycles. The smallest absolute Gasteiger partial charge is 0.267 e. The second kappa shape index (κ2) is 6.46. The molecule has 1 aliphatic rings. The van der Waals surface area contributed by atoms with Gasteiger partial charge in [0.25, 0.3) is 5.56 Å². The van der Waals surface area contributed by atoms with E-state index in [-0.39, 0.29) is 11.5 Å². The SMILES string of the molecule is Cc1ccc([N+]2=CC(/C=c3\sc4nc5cc(C)c(C)cc5n4c3=O)C=N2)cc1C. The standard InChI is InChI=1S/C23H21N4OS/c1-13-5-6-18(7-14(13)2)26-12-17(11-24-26)10-21-22(28)27-20-9-16(4)15(3)8-19(20)25-23(27)29-21/h5-12,17H,1-4H3/q+1/b21-10-. The maximum Gasteiger partial charge on any atom is 0.274 e. The monoisotopic (exact) mass is 401 g/mol. The topological polar surface area (TPSA) is 49.7 Å². The maximum atomic E-state index is 13.1. The number of hydrazone groups is 1. The summed E-state index contributed by atoms with van der Waals surface area (Å²) in [5.74, 6) is -0.0251. The molecule has 0 radical (unpaired) electrons. The van der Waals surface area contributed by atoms with E-state index < -0.39 is 0 Å². The fraction of sp³-hybridized carbons (Fsp3) is 0.217. The average molecular weight is 402 g/mol. The molecule has 4 aromatic rings. The first-order chi connectivity index (χ1) is 13.9. The Morgan fingerprint density at radius 3 is 2.59 bits per heavy atom. The van der Waals surface area contributed by atoms with Crippen molar-refractivity contribution in [3.8, 4) is 0 Å². The van der Waals surface area contributed by atoms with E-state index in [9.17, 15) is 4.79 Å². The van der Waals surface area contributed by atoms with E-state index in [2.05, 4.69) is 56.0 Å². The molecule has 0 saturated carbocycles. The summed E-state index contributed by atoms with van der Waals surface area (Å²) in [7, 11) is 0. The third-order valence-electron chi connectivity index (χ3n) is 5.63. The molecule has 0 bridgehead atoms. The van der Waals surface area contributed by atoms with Crippen molar-refractivity contribution < 1.29 is 4.68 Å². The molecule has 0 aliphatic carbocycles. The van der Waals surface area contributed by atoms with Gasteiger partial charge >= 0.3 is 0 Å².